The Morgan fingerprint density at radius 3 is 2.86 bits per heavy atom. The Hall–Kier alpha value is -3.16. The van der Waals surface area contributed by atoms with Crippen LogP contribution in [0.15, 0.2) is 41.6 Å². The molecule has 1 aromatic heterocycles. The summed E-state index contributed by atoms with van der Waals surface area (Å²) >= 11 is 0. The lowest BCUT2D eigenvalue weighted by Gasteiger charge is -2.39. The molecule has 1 saturated heterocycles. The number of amides is 1. The fourth-order valence-corrected chi connectivity index (χ4v) is 3.88. The first-order valence-corrected chi connectivity index (χ1v) is 9.25. The summed E-state index contributed by atoms with van der Waals surface area (Å²) < 4.78 is 14.7. The molecule has 0 aliphatic carbocycles. The van der Waals surface area contributed by atoms with Crippen molar-refractivity contribution in [2.24, 2.45) is 10.9 Å². The van der Waals surface area contributed by atoms with Crippen LogP contribution in [-0.2, 0) is 4.84 Å². The van der Waals surface area contributed by atoms with Gasteiger partial charge in [0.25, 0.3) is 5.91 Å². The van der Waals surface area contributed by atoms with Crippen molar-refractivity contribution in [3.63, 3.8) is 0 Å². The number of carbonyl (C=O) groups is 1. The molecule has 146 valence electrons. The number of halogens is 1. The molecule has 1 fully saturated rings. The molecule has 7 nitrogen and oxygen atoms in total. The Bertz CT molecular complexity index is 934. The molecular formula is C20H22FN5O2. The molecule has 1 atom stereocenters. The van der Waals surface area contributed by atoms with Crippen LogP contribution in [0.25, 0.3) is 0 Å². The number of carbonyl (C=O) groups excluding carboxylic acids is 1. The third-order valence-electron chi connectivity index (χ3n) is 5.24. The van der Waals surface area contributed by atoms with E-state index < -0.39 is 17.3 Å². The number of anilines is 2. The molecular weight excluding hydrogens is 361 g/mol. The number of hydrogen-bond acceptors (Lipinski definition) is 6. The van der Waals surface area contributed by atoms with Gasteiger partial charge in [-0.3, -0.25) is 4.79 Å². The largest absolute Gasteiger partial charge is 0.387 e. The van der Waals surface area contributed by atoms with Crippen LogP contribution >= 0.6 is 0 Å². The number of oxime groups is 1. The van der Waals surface area contributed by atoms with Gasteiger partial charge in [0.2, 0.25) is 0 Å². The van der Waals surface area contributed by atoms with Crippen molar-refractivity contribution in [3.8, 4) is 0 Å². The molecule has 8 heteroatoms. The van der Waals surface area contributed by atoms with E-state index >= 15 is 0 Å². The van der Waals surface area contributed by atoms with E-state index in [4.69, 9.17) is 10.6 Å². The third kappa shape index (κ3) is 3.26. The van der Waals surface area contributed by atoms with E-state index in [1.807, 2.05) is 35.2 Å². The molecule has 3 heterocycles. The molecule has 0 saturated carbocycles. The summed E-state index contributed by atoms with van der Waals surface area (Å²) in [6, 6.07) is 11.0. The number of nitrogens with two attached hydrogens (primary N) is 1. The highest BCUT2D eigenvalue weighted by Gasteiger charge is 2.44. The average Bonchev–Trinajstić information content (AvgIpc) is 3.11. The summed E-state index contributed by atoms with van der Waals surface area (Å²) in [6.07, 6.45) is 2.32. The highest BCUT2D eigenvalue weighted by atomic mass is 19.1. The van der Waals surface area contributed by atoms with Crippen LogP contribution in [0, 0.1) is 5.82 Å². The maximum Gasteiger partial charge on any atom is 0.252 e. The van der Waals surface area contributed by atoms with Crippen molar-refractivity contribution in [2.75, 3.05) is 30.4 Å². The van der Waals surface area contributed by atoms with E-state index in [-0.39, 0.29) is 17.2 Å². The summed E-state index contributed by atoms with van der Waals surface area (Å²) in [4.78, 5) is 23.6. The minimum atomic E-state index is -0.725. The first-order valence-electron chi connectivity index (χ1n) is 9.25. The number of nitrogens with zero attached hydrogens (tertiary/aromatic N) is 3. The van der Waals surface area contributed by atoms with Crippen LogP contribution in [0.4, 0.5) is 16.0 Å². The number of benzene rings is 1. The molecule has 3 N–H and O–H groups in total. The molecule has 0 radical (unpaired) electrons. The van der Waals surface area contributed by atoms with Gasteiger partial charge in [-0.15, -0.1) is 0 Å². The van der Waals surface area contributed by atoms with Crippen molar-refractivity contribution >= 4 is 23.3 Å². The van der Waals surface area contributed by atoms with Crippen LogP contribution in [0.2, 0.25) is 0 Å². The number of pyridine rings is 1. The van der Waals surface area contributed by atoms with Crippen molar-refractivity contribution in [1.82, 2.24) is 4.98 Å². The maximum absolute atomic E-state index is 14.7. The molecule has 1 spiro atoms. The summed E-state index contributed by atoms with van der Waals surface area (Å²) in [5, 5.41) is 7.12. The maximum atomic E-state index is 14.7. The highest BCUT2D eigenvalue weighted by molar-refractivity contribution is 6.01. The van der Waals surface area contributed by atoms with Gasteiger partial charge in [-0.05, 0) is 24.5 Å². The van der Waals surface area contributed by atoms with E-state index in [0.29, 0.717) is 19.5 Å². The zero-order chi connectivity index (χ0) is 19.7. The van der Waals surface area contributed by atoms with Crippen LogP contribution in [0.5, 0.6) is 0 Å². The molecule has 1 aromatic carbocycles. The zero-order valence-electron chi connectivity index (χ0n) is 15.6. The Kier molecular flexibility index (Phi) is 4.62. The molecule has 0 bridgehead atoms. The SMILES string of the molecule is CNc1nc(N2CCCC3(CC(c4ccccc4)=NO3)C2)c(F)cc1C(N)=O. The first kappa shape index (κ1) is 18.2. The van der Waals surface area contributed by atoms with Gasteiger partial charge in [-0.1, -0.05) is 35.5 Å². The first-order chi connectivity index (χ1) is 13.5. The summed E-state index contributed by atoms with van der Waals surface area (Å²) in [6.45, 7) is 1.12. The fourth-order valence-electron chi connectivity index (χ4n) is 3.88. The molecule has 2 aromatic rings. The van der Waals surface area contributed by atoms with E-state index in [2.05, 4.69) is 15.5 Å². The zero-order valence-corrected chi connectivity index (χ0v) is 15.6. The summed E-state index contributed by atoms with van der Waals surface area (Å²) in [5.41, 5.74) is 6.78. The van der Waals surface area contributed by atoms with Gasteiger partial charge in [0.15, 0.2) is 17.2 Å². The highest BCUT2D eigenvalue weighted by Crippen LogP contribution is 2.37. The Labute approximate surface area is 162 Å². The van der Waals surface area contributed by atoms with Gasteiger partial charge in [-0.25, -0.2) is 9.37 Å². The van der Waals surface area contributed by atoms with Crippen LogP contribution in [0.3, 0.4) is 0 Å². The van der Waals surface area contributed by atoms with E-state index in [9.17, 15) is 9.18 Å². The second-order valence-corrected chi connectivity index (χ2v) is 7.18. The van der Waals surface area contributed by atoms with Gasteiger partial charge < -0.3 is 20.8 Å². The van der Waals surface area contributed by atoms with Gasteiger partial charge in [0, 0.05) is 20.0 Å². The lowest BCUT2D eigenvalue weighted by atomic mass is 9.86. The van der Waals surface area contributed by atoms with Crippen molar-refractivity contribution in [2.45, 2.75) is 24.9 Å². The predicted molar refractivity (Wildman–Crippen MR) is 105 cm³/mol. The molecule has 4 rings (SSSR count). The van der Waals surface area contributed by atoms with E-state index in [0.717, 1.165) is 30.2 Å². The minimum absolute atomic E-state index is 0.0299. The Morgan fingerprint density at radius 1 is 1.36 bits per heavy atom. The lowest BCUT2D eigenvalue weighted by Crippen LogP contribution is -2.49. The normalized spacial score (nSPS) is 21.4. The number of aromatic nitrogens is 1. The monoisotopic (exact) mass is 383 g/mol. The second-order valence-electron chi connectivity index (χ2n) is 7.18. The molecule has 2 aliphatic heterocycles. The summed E-state index contributed by atoms with van der Waals surface area (Å²) in [5.74, 6) is -0.855. The quantitative estimate of drug-likeness (QED) is 0.846. The summed E-state index contributed by atoms with van der Waals surface area (Å²) in [7, 11) is 1.62. The van der Waals surface area contributed by atoms with E-state index in [1.54, 1.807) is 7.05 Å². The van der Waals surface area contributed by atoms with E-state index in [1.165, 1.54) is 0 Å². The number of hydrogen-bond donors (Lipinski definition) is 2. The van der Waals surface area contributed by atoms with Gasteiger partial charge in [0.05, 0.1) is 17.8 Å². The third-order valence-corrected chi connectivity index (χ3v) is 5.24. The molecule has 1 amide bonds. The van der Waals surface area contributed by atoms with Gasteiger partial charge >= 0.3 is 0 Å². The Balaban J connectivity index is 1.58. The van der Waals surface area contributed by atoms with Gasteiger partial charge in [0.1, 0.15) is 5.82 Å². The molecule has 1 unspecified atom stereocenters. The fraction of sp³-hybridized carbons (Fsp3) is 0.350. The second kappa shape index (κ2) is 7.10. The van der Waals surface area contributed by atoms with Crippen LogP contribution in [-0.4, -0.2) is 42.3 Å². The van der Waals surface area contributed by atoms with Crippen LogP contribution < -0.4 is 16.0 Å². The topological polar surface area (TPSA) is 92.8 Å². The Morgan fingerprint density at radius 2 is 2.14 bits per heavy atom. The number of primary amides is 1. The predicted octanol–water partition coefficient (Wildman–Crippen LogP) is 2.52. The number of nitrogens with one attached hydrogen (secondary N) is 1. The minimum Gasteiger partial charge on any atom is -0.387 e. The van der Waals surface area contributed by atoms with Crippen molar-refractivity contribution in [3.05, 3.63) is 53.3 Å². The molecule has 2 aliphatic rings. The average molecular weight is 383 g/mol. The standard InChI is InChI=1S/C20H22FN5O2/c1-23-18-14(17(22)27)10-15(21)19(24-18)26-9-5-8-20(12-26)11-16(25-28-20)13-6-3-2-4-7-13/h2-4,6-7,10H,5,8-9,11-12H2,1H3,(H2,22,27)(H,23,24). The van der Waals surface area contributed by atoms with Crippen molar-refractivity contribution in [1.29, 1.82) is 0 Å². The number of rotatable bonds is 4. The smallest absolute Gasteiger partial charge is 0.252 e. The van der Waals surface area contributed by atoms with Crippen LogP contribution in [0.1, 0.15) is 35.2 Å². The van der Waals surface area contributed by atoms with Gasteiger partial charge in [-0.2, -0.15) is 0 Å². The van der Waals surface area contributed by atoms with Crippen molar-refractivity contribution < 1.29 is 14.0 Å². The number of piperidine rings is 1. The molecule has 28 heavy (non-hydrogen) atoms. The lowest BCUT2D eigenvalue weighted by molar-refractivity contribution is -0.0281.